The molecule has 0 aliphatic carbocycles. The highest BCUT2D eigenvalue weighted by Gasteiger charge is 2.36. The van der Waals surface area contributed by atoms with Crippen LogP contribution in [0.25, 0.3) is 21.3 Å². The summed E-state index contributed by atoms with van der Waals surface area (Å²) in [5.41, 5.74) is 5.09. The van der Waals surface area contributed by atoms with Crippen molar-refractivity contribution in [3.63, 3.8) is 0 Å². The molecule has 0 radical (unpaired) electrons. The van der Waals surface area contributed by atoms with Gasteiger partial charge in [-0.15, -0.1) is 17.3 Å². The third kappa shape index (κ3) is 4.67. The molecule has 1 aromatic carbocycles. The highest BCUT2D eigenvalue weighted by Crippen LogP contribution is 2.35. The van der Waals surface area contributed by atoms with E-state index in [-0.39, 0.29) is 11.6 Å². The van der Waals surface area contributed by atoms with Crippen LogP contribution in [0.5, 0.6) is 0 Å². The molecular formula is C29H36N6OS. The Morgan fingerprint density at radius 1 is 1.16 bits per heavy atom. The number of aromatic nitrogens is 4. The second kappa shape index (κ2) is 10.3. The van der Waals surface area contributed by atoms with E-state index in [4.69, 9.17) is 5.10 Å². The lowest BCUT2D eigenvalue weighted by Crippen LogP contribution is -2.58. The molecule has 0 spiro atoms. The van der Waals surface area contributed by atoms with Gasteiger partial charge in [-0.2, -0.15) is 5.10 Å². The fraction of sp³-hybridized carbons (Fsp3) is 0.483. The first-order valence-electron chi connectivity index (χ1n) is 13.2. The van der Waals surface area contributed by atoms with Gasteiger partial charge in [-0.05, 0) is 51.3 Å². The summed E-state index contributed by atoms with van der Waals surface area (Å²) in [5.74, 6) is 6.02. The maximum atomic E-state index is 13.0. The Bertz CT molecular complexity index is 1550. The average molecular weight is 517 g/mol. The Balaban J connectivity index is 1.50. The second-order valence-electron chi connectivity index (χ2n) is 10.0. The monoisotopic (exact) mass is 516 g/mol. The Morgan fingerprint density at radius 3 is 2.68 bits per heavy atom. The van der Waals surface area contributed by atoms with Crippen LogP contribution in [0.1, 0.15) is 57.1 Å². The molecule has 0 N–H and O–H groups in total. The van der Waals surface area contributed by atoms with Gasteiger partial charge < -0.3 is 9.47 Å². The predicted octanol–water partition coefficient (Wildman–Crippen LogP) is 5.12. The van der Waals surface area contributed by atoms with Gasteiger partial charge in [0.1, 0.15) is 12.1 Å². The van der Waals surface area contributed by atoms with Gasteiger partial charge in [-0.1, -0.05) is 25.8 Å². The van der Waals surface area contributed by atoms with E-state index >= 15 is 0 Å². The number of anilines is 1. The molecule has 1 aliphatic rings. The lowest BCUT2D eigenvalue weighted by molar-refractivity contribution is 0.101. The summed E-state index contributed by atoms with van der Waals surface area (Å²) in [4.78, 5) is 22.7. The maximum absolute atomic E-state index is 13.0. The zero-order valence-corrected chi connectivity index (χ0v) is 23.5. The number of aryl methyl sites for hydroxylation is 2. The molecule has 194 valence electrons. The number of pyridine rings is 1. The lowest BCUT2D eigenvalue weighted by atomic mass is 9.96. The third-order valence-corrected chi connectivity index (χ3v) is 8.78. The summed E-state index contributed by atoms with van der Waals surface area (Å²) >= 11 is 1.76. The predicted molar refractivity (Wildman–Crippen MR) is 153 cm³/mol. The van der Waals surface area contributed by atoms with Crippen molar-refractivity contribution in [3.05, 3.63) is 51.4 Å². The molecule has 1 fully saturated rings. The number of rotatable bonds is 6. The van der Waals surface area contributed by atoms with E-state index in [1.807, 2.05) is 24.9 Å². The average Bonchev–Trinajstić information content (AvgIpc) is 3.50. The Labute approximate surface area is 222 Å². The molecule has 0 saturated carbocycles. The van der Waals surface area contributed by atoms with E-state index in [1.54, 1.807) is 22.0 Å². The Hall–Kier alpha value is -3.15. The number of piperazine rings is 1. The highest BCUT2D eigenvalue weighted by atomic mass is 32.1. The standard InChI is InChI=1S/C29H36N6OS/c1-7-10-13-33-18-26-29(31-33)25(15-28(36)32(26)6)35-17-22(8-2)34(16-23(35)9-3)19(4)21-11-12-24-27(14-21)37-20(5)30-24/h11-12,14-15,18-19,22-23H,8-9,13,16-17H2,1-6H3/t19?,22-,23+/m1/s1. The summed E-state index contributed by atoms with van der Waals surface area (Å²) in [5, 5.41) is 5.98. The van der Waals surface area contributed by atoms with Crippen molar-refractivity contribution in [1.82, 2.24) is 24.2 Å². The number of thiazole rings is 1. The van der Waals surface area contributed by atoms with Crippen molar-refractivity contribution < 1.29 is 0 Å². The zero-order chi connectivity index (χ0) is 26.3. The van der Waals surface area contributed by atoms with Gasteiger partial charge in [0.15, 0.2) is 0 Å². The molecular weight excluding hydrogens is 480 g/mol. The summed E-state index contributed by atoms with van der Waals surface area (Å²) < 4.78 is 4.79. The number of fused-ring (bicyclic) bond motifs is 2. The summed E-state index contributed by atoms with van der Waals surface area (Å²) in [7, 11) is 1.82. The fourth-order valence-corrected chi connectivity index (χ4v) is 6.54. The molecule has 0 bridgehead atoms. The van der Waals surface area contributed by atoms with Crippen LogP contribution in [0.4, 0.5) is 5.69 Å². The minimum atomic E-state index is -0.00419. The van der Waals surface area contributed by atoms with Crippen LogP contribution in [0.15, 0.2) is 35.3 Å². The summed E-state index contributed by atoms with van der Waals surface area (Å²) in [6.45, 7) is 13.1. The van der Waals surface area contributed by atoms with Gasteiger partial charge in [-0.25, -0.2) is 4.98 Å². The molecule has 37 heavy (non-hydrogen) atoms. The molecule has 3 atom stereocenters. The number of benzene rings is 1. The van der Waals surface area contributed by atoms with Gasteiger partial charge in [0, 0.05) is 44.3 Å². The highest BCUT2D eigenvalue weighted by molar-refractivity contribution is 7.18. The van der Waals surface area contributed by atoms with E-state index in [9.17, 15) is 4.79 Å². The first kappa shape index (κ1) is 25.5. The molecule has 4 aromatic rings. The normalized spacial score (nSPS) is 19.4. The molecule has 1 saturated heterocycles. The van der Waals surface area contributed by atoms with Crippen molar-refractivity contribution in [2.75, 3.05) is 18.0 Å². The quantitative estimate of drug-likeness (QED) is 0.333. The molecule has 5 rings (SSSR count). The van der Waals surface area contributed by atoms with E-state index in [1.165, 1.54) is 10.3 Å². The third-order valence-electron chi connectivity index (χ3n) is 7.84. The van der Waals surface area contributed by atoms with Crippen molar-refractivity contribution in [1.29, 1.82) is 0 Å². The van der Waals surface area contributed by atoms with Crippen LogP contribution in [0.2, 0.25) is 0 Å². The van der Waals surface area contributed by atoms with Crippen LogP contribution in [0, 0.1) is 18.8 Å². The van der Waals surface area contributed by atoms with Crippen LogP contribution < -0.4 is 10.5 Å². The molecule has 1 unspecified atom stereocenters. The van der Waals surface area contributed by atoms with E-state index in [0.717, 1.165) is 53.2 Å². The van der Waals surface area contributed by atoms with E-state index in [2.05, 4.69) is 72.5 Å². The number of hydrogen-bond donors (Lipinski definition) is 0. The van der Waals surface area contributed by atoms with Crippen LogP contribution >= 0.6 is 11.3 Å². The molecule has 4 heterocycles. The van der Waals surface area contributed by atoms with Gasteiger partial charge in [0.2, 0.25) is 0 Å². The summed E-state index contributed by atoms with van der Waals surface area (Å²) in [6, 6.07) is 9.45. The van der Waals surface area contributed by atoms with Crippen molar-refractivity contribution >= 4 is 38.3 Å². The van der Waals surface area contributed by atoms with Gasteiger partial charge in [0.05, 0.1) is 32.6 Å². The van der Waals surface area contributed by atoms with Gasteiger partial charge in [0.25, 0.3) is 5.56 Å². The Kier molecular flexibility index (Phi) is 7.11. The molecule has 1 aliphatic heterocycles. The van der Waals surface area contributed by atoms with E-state index in [0.29, 0.717) is 18.6 Å². The molecule has 8 heteroatoms. The minimum absolute atomic E-state index is 0.00419. The molecule has 0 amide bonds. The number of nitrogens with zero attached hydrogens (tertiary/aromatic N) is 6. The smallest absolute Gasteiger partial charge is 0.252 e. The maximum Gasteiger partial charge on any atom is 0.252 e. The second-order valence-corrected chi connectivity index (χ2v) is 11.3. The Morgan fingerprint density at radius 2 is 1.95 bits per heavy atom. The molecule has 3 aromatic heterocycles. The minimum Gasteiger partial charge on any atom is -0.364 e. The van der Waals surface area contributed by atoms with Crippen molar-refractivity contribution in [3.8, 4) is 11.8 Å². The van der Waals surface area contributed by atoms with Gasteiger partial charge in [-0.3, -0.25) is 14.4 Å². The lowest BCUT2D eigenvalue weighted by Gasteiger charge is -2.49. The van der Waals surface area contributed by atoms with Crippen LogP contribution in [-0.4, -0.2) is 49.4 Å². The fourth-order valence-electron chi connectivity index (χ4n) is 5.66. The first-order chi connectivity index (χ1) is 17.8. The molecule has 7 nitrogen and oxygen atoms in total. The van der Waals surface area contributed by atoms with Gasteiger partial charge >= 0.3 is 0 Å². The van der Waals surface area contributed by atoms with Crippen molar-refractivity contribution in [2.24, 2.45) is 7.05 Å². The SMILES string of the molecule is CC#CCn1cc2c(n1)c(N1C[C@@H](CC)N(C(C)c3ccc4nc(C)sc4c3)C[C@@H]1CC)cc(=O)n2C. The van der Waals surface area contributed by atoms with Crippen molar-refractivity contribution in [2.45, 2.75) is 72.1 Å². The zero-order valence-electron chi connectivity index (χ0n) is 22.7. The van der Waals surface area contributed by atoms with Crippen LogP contribution in [0.3, 0.4) is 0 Å². The van der Waals surface area contributed by atoms with E-state index < -0.39 is 0 Å². The topological polar surface area (TPSA) is 59.2 Å². The number of hydrogen-bond acceptors (Lipinski definition) is 6. The van der Waals surface area contributed by atoms with Crippen LogP contribution in [-0.2, 0) is 13.6 Å². The first-order valence-corrected chi connectivity index (χ1v) is 14.0. The summed E-state index contributed by atoms with van der Waals surface area (Å²) in [6.07, 6.45) is 3.97. The largest absolute Gasteiger partial charge is 0.364 e.